The molecule has 4 bridgehead atoms. The third kappa shape index (κ3) is 4.22. The molecule has 1 aromatic heterocycles. The Hall–Kier alpha value is -5.86. The van der Waals surface area contributed by atoms with Crippen LogP contribution in [0.5, 0.6) is 0 Å². The van der Waals surface area contributed by atoms with Crippen LogP contribution >= 0.6 is 0 Å². The highest BCUT2D eigenvalue weighted by Crippen LogP contribution is 2.70. The summed E-state index contributed by atoms with van der Waals surface area (Å²) in [5.74, 6) is 3.51. The van der Waals surface area contributed by atoms with Gasteiger partial charge in [0.05, 0.1) is 2.74 Å². The zero-order chi connectivity index (χ0) is 40.2. The monoisotopic (exact) mass is 760 g/mol. The van der Waals surface area contributed by atoms with Crippen molar-refractivity contribution >= 4 is 21.5 Å². The molecular formula is C57H46N2. The van der Waals surface area contributed by atoms with Gasteiger partial charge in [-0.1, -0.05) is 140 Å². The molecule has 2 nitrogen and oxygen atoms in total. The van der Waals surface area contributed by atoms with E-state index in [-0.39, 0.29) is 10.8 Å². The third-order valence-corrected chi connectivity index (χ3v) is 16.6. The van der Waals surface area contributed by atoms with E-state index in [0.717, 1.165) is 39.3 Å². The van der Waals surface area contributed by atoms with Crippen LogP contribution in [-0.4, -0.2) is 9.97 Å². The van der Waals surface area contributed by atoms with Gasteiger partial charge in [-0.05, 0) is 157 Å². The van der Waals surface area contributed by atoms with E-state index in [0.29, 0.717) is 29.7 Å². The molecule has 0 saturated heterocycles. The molecule has 15 rings (SSSR count). The third-order valence-electron chi connectivity index (χ3n) is 16.6. The van der Waals surface area contributed by atoms with Crippen LogP contribution in [0, 0.1) is 23.7 Å². The van der Waals surface area contributed by atoms with Gasteiger partial charge in [-0.15, -0.1) is 0 Å². The fraction of sp³-hybridized carbons (Fsp3) is 0.263. The van der Waals surface area contributed by atoms with Crippen LogP contribution in [0.1, 0.15) is 82.8 Å². The first-order chi connectivity index (χ1) is 30.0. The Bertz CT molecular complexity index is 3110. The Morgan fingerprint density at radius 1 is 0.458 bits per heavy atom. The van der Waals surface area contributed by atoms with E-state index in [1.165, 1.54) is 124 Å². The average Bonchev–Trinajstić information content (AvgIpc) is 3.97. The van der Waals surface area contributed by atoms with Gasteiger partial charge in [0.25, 0.3) is 0 Å². The van der Waals surface area contributed by atoms with Crippen LogP contribution in [-0.2, 0) is 10.8 Å². The minimum Gasteiger partial charge on any atom is -0.236 e. The molecule has 0 radical (unpaired) electrons. The second-order valence-electron chi connectivity index (χ2n) is 19.0. The number of hydrogen-bond acceptors (Lipinski definition) is 2. The highest BCUT2D eigenvalue weighted by molar-refractivity contribution is 6.21. The summed E-state index contributed by atoms with van der Waals surface area (Å²) in [4.78, 5) is 10.5. The fourth-order valence-electron chi connectivity index (χ4n) is 14.7. The van der Waals surface area contributed by atoms with Crippen molar-refractivity contribution in [3.05, 3.63) is 168 Å². The molecule has 1 heterocycles. The predicted octanol–water partition coefficient (Wildman–Crippen LogP) is 14.3. The number of fused-ring (bicyclic) bond motifs is 10. The summed E-state index contributed by atoms with van der Waals surface area (Å²) in [6, 6.07) is 45.8. The fourth-order valence-corrected chi connectivity index (χ4v) is 14.7. The molecule has 0 N–H and O–H groups in total. The molecule has 7 aromatic carbocycles. The van der Waals surface area contributed by atoms with Gasteiger partial charge in [-0.25, -0.2) is 9.97 Å². The maximum atomic E-state index is 9.25. The molecule has 0 amide bonds. The zero-order valence-corrected chi connectivity index (χ0v) is 33.3. The topological polar surface area (TPSA) is 25.8 Å². The predicted molar refractivity (Wildman–Crippen MR) is 241 cm³/mol. The van der Waals surface area contributed by atoms with E-state index in [1.54, 1.807) is 0 Å². The molecule has 2 spiro atoms. The maximum absolute atomic E-state index is 9.25. The summed E-state index contributed by atoms with van der Waals surface area (Å²) >= 11 is 0. The summed E-state index contributed by atoms with van der Waals surface area (Å²) in [7, 11) is 0. The molecule has 8 aromatic rings. The molecule has 0 unspecified atom stereocenters. The van der Waals surface area contributed by atoms with Crippen LogP contribution in [0.15, 0.2) is 146 Å². The van der Waals surface area contributed by atoms with Crippen molar-refractivity contribution in [1.29, 1.82) is 0 Å². The van der Waals surface area contributed by atoms with Gasteiger partial charge < -0.3 is 0 Å². The Morgan fingerprint density at radius 2 is 1.07 bits per heavy atom. The van der Waals surface area contributed by atoms with E-state index < -0.39 is 0 Å². The van der Waals surface area contributed by atoms with Crippen LogP contribution in [0.2, 0.25) is 0 Å². The first-order valence-corrected chi connectivity index (χ1v) is 22.3. The van der Waals surface area contributed by atoms with Crippen molar-refractivity contribution in [1.82, 2.24) is 9.97 Å². The normalized spacial score (nSPS) is 25.4. The lowest BCUT2D eigenvalue weighted by Gasteiger charge is -2.61. The second-order valence-corrected chi connectivity index (χ2v) is 19.0. The van der Waals surface area contributed by atoms with E-state index in [9.17, 15) is 1.37 Å². The van der Waals surface area contributed by atoms with Crippen LogP contribution in [0.3, 0.4) is 0 Å². The average molecular weight is 761 g/mol. The minimum absolute atomic E-state index is 0.103. The number of benzene rings is 7. The van der Waals surface area contributed by atoms with Gasteiger partial charge in [-0.2, -0.15) is 0 Å². The standard InChI is InChI=1S/C57H46N2/c1-3-15-45-43(13-1)52(36-22-23-42-41-12-5-7-19-48(41)56(51(42)31-36)24-9-10-25-56)44-14-2-4-16-46(44)54(45)55-58-32-37(33-59-55)40-18-11-21-50-53(40)47-17-6-8-20-49(47)57(50)38-27-34-26-35(29-38)30-39(57)28-34/h1-8,11-23,31-35,38-39H,9-10,24-30H2/i8D,11D. The first kappa shape index (κ1) is 31.1. The molecule has 7 aliphatic carbocycles. The second kappa shape index (κ2) is 11.9. The quantitative estimate of drug-likeness (QED) is 0.168. The molecular weight excluding hydrogens is 713 g/mol. The van der Waals surface area contributed by atoms with Crippen LogP contribution in [0.25, 0.3) is 77.4 Å². The Kier molecular flexibility index (Phi) is 6.26. The highest BCUT2D eigenvalue weighted by Gasteiger charge is 2.61. The summed E-state index contributed by atoms with van der Waals surface area (Å²) in [6.07, 6.45) is 15.5. The summed E-state index contributed by atoms with van der Waals surface area (Å²) < 4.78 is 18.1. The molecule has 59 heavy (non-hydrogen) atoms. The largest absolute Gasteiger partial charge is 0.236 e. The lowest BCUT2D eigenvalue weighted by molar-refractivity contribution is -0.0399. The van der Waals surface area contributed by atoms with Crippen molar-refractivity contribution in [2.24, 2.45) is 23.7 Å². The minimum atomic E-state index is -0.109. The lowest BCUT2D eigenvalue weighted by atomic mass is 9.43. The van der Waals surface area contributed by atoms with Gasteiger partial charge in [0.2, 0.25) is 0 Å². The van der Waals surface area contributed by atoms with Crippen LogP contribution < -0.4 is 0 Å². The number of hydrogen-bond donors (Lipinski definition) is 0. The van der Waals surface area contributed by atoms with Crippen LogP contribution in [0.4, 0.5) is 0 Å². The van der Waals surface area contributed by atoms with Gasteiger partial charge in [0.1, 0.15) is 0 Å². The first-order valence-electron chi connectivity index (χ1n) is 23.3. The zero-order valence-electron chi connectivity index (χ0n) is 35.3. The summed E-state index contributed by atoms with van der Waals surface area (Å²) in [5, 5.41) is 4.74. The van der Waals surface area contributed by atoms with Gasteiger partial charge in [0.15, 0.2) is 5.82 Å². The van der Waals surface area contributed by atoms with Crippen molar-refractivity contribution in [3.63, 3.8) is 0 Å². The lowest BCUT2D eigenvalue weighted by Crippen LogP contribution is -2.55. The number of rotatable bonds is 3. The smallest absolute Gasteiger partial charge is 0.160 e. The van der Waals surface area contributed by atoms with E-state index in [4.69, 9.17) is 11.3 Å². The molecule has 0 atom stereocenters. The van der Waals surface area contributed by atoms with E-state index in [2.05, 4.69) is 109 Å². The van der Waals surface area contributed by atoms with Crippen molar-refractivity contribution < 1.29 is 2.74 Å². The van der Waals surface area contributed by atoms with Crippen molar-refractivity contribution in [2.45, 2.75) is 68.6 Å². The Balaban J connectivity index is 0.927. The summed E-state index contributed by atoms with van der Waals surface area (Å²) in [6.45, 7) is 0. The number of aromatic nitrogens is 2. The Labute approximate surface area is 349 Å². The molecule has 7 aliphatic rings. The molecule has 5 saturated carbocycles. The summed E-state index contributed by atoms with van der Waals surface area (Å²) in [5.41, 5.74) is 16.6. The molecule has 284 valence electrons. The van der Waals surface area contributed by atoms with Gasteiger partial charge >= 0.3 is 0 Å². The van der Waals surface area contributed by atoms with E-state index >= 15 is 0 Å². The number of nitrogens with zero attached hydrogens (tertiary/aromatic N) is 2. The maximum Gasteiger partial charge on any atom is 0.160 e. The van der Waals surface area contributed by atoms with Gasteiger partial charge in [0, 0.05) is 34.4 Å². The van der Waals surface area contributed by atoms with Crippen molar-refractivity contribution in [2.75, 3.05) is 0 Å². The van der Waals surface area contributed by atoms with Gasteiger partial charge in [-0.3, -0.25) is 0 Å². The molecule has 2 heteroatoms. The SMILES string of the molecule is [2H]c1ccc2c(c1)C1(c3cc([2H])cc(-c4cnc(-c5c6ccccc6c(-c6ccc7c(c6)C6(CCCC6)c6ccccc6-7)c6ccccc56)nc4)c3-2)C2CC3CC(C2)CC1C3. The highest BCUT2D eigenvalue weighted by atomic mass is 14.9. The molecule has 0 aliphatic heterocycles. The molecule has 5 fully saturated rings. The van der Waals surface area contributed by atoms with Crippen molar-refractivity contribution in [3.8, 4) is 55.9 Å². The van der Waals surface area contributed by atoms with E-state index in [1.807, 2.05) is 24.5 Å². The Morgan fingerprint density at radius 3 is 1.78 bits per heavy atom.